The van der Waals surface area contributed by atoms with Crippen molar-refractivity contribution in [3.63, 3.8) is 0 Å². The molecule has 0 unspecified atom stereocenters. The molecule has 0 amide bonds. The van der Waals surface area contributed by atoms with Crippen LogP contribution in [0.15, 0.2) is 36.5 Å². The largest absolute Gasteiger partial charge is 0.495 e. The maximum absolute atomic E-state index is 11.3. The summed E-state index contributed by atoms with van der Waals surface area (Å²) < 4.78 is 16.6. The van der Waals surface area contributed by atoms with E-state index in [1.165, 1.54) is 20.3 Å². The Labute approximate surface area is 199 Å². The summed E-state index contributed by atoms with van der Waals surface area (Å²) in [6.45, 7) is 2.05. The average molecular weight is 488 g/mol. The number of fused-ring (bicyclic) bond motifs is 1. The predicted molar refractivity (Wildman–Crippen MR) is 128 cm³/mol. The lowest BCUT2D eigenvalue weighted by atomic mass is 10.0. The molecule has 8 nitrogen and oxygen atoms in total. The van der Waals surface area contributed by atoms with Crippen molar-refractivity contribution in [1.29, 1.82) is 0 Å². The second-order valence-corrected chi connectivity index (χ2v) is 8.01. The summed E-state index contributed by atoms with van der Waals surface area (Å²) in [5, 5.41) is 15.0. The number of nitro benzene ring substituents is 1. The van der Waals surface area contributed by atoms with E-state index in [4.69, 9.17) is 37.4 Å². The highest BCUT2D eigenvalue weighted by Gasteiger charge is 2.24. The Bertz CT molecular complexity index is 1270. The van der Waals surface area contributed by atoms with Gasteiger partial charge >= 0.3 is 0 Å². The zero-order chi connectivity index (χ0) is 23.7. The summed E-state index contributed by atoms with van der Waals surface area (Å²) in [6.07, 6.45) is 3.48. The van der Waals surface area contributed by atoms with E-state index in [2.05, 4.69) is 10.3 Å². The minimum Gasteiger partial charge on any atom is -0.495 e. The summed E-state index contributed by atoms with van der Waals surface area (Å²) in [5.74, 6) is 1.83. The highest BCUT2D eigenvalue weighted by molar-refractivity contribution is 6.39. The number of methoxy groups -OCH3 is 2. The Hall–Kier alpha value is -3.49. The van der Waals surface area contributed by atoms with Gasteiger partial charge in [-0.2, -0.15) is 0 Å². The van der Waals surface area contributed by atoms with Crippen molar-refractivity contribution < 1.29 is 19.1 Å². The Morgan fingerprint density at radius 2 is 1.82 bits per heavy atom. The summed E-state index contributed by atoms with van der Waals surface area (Å²) in [7, 11) is 3.02. The SMILES string of the molecule is COc1cc(OC)c(Cl)c(C2=Cc3cnc(Nc4cc(C)ccc4[N+](=O)[O-])cc3OC2)c1Cl. The first-order chi connectivity index (χ1) is 15.8. The molecule has 0 aliphatic carbocycles. The van der Waals surface area contributed by atoms with E-state index in [0.717, 1.165) is 11.1 Å². The van der Waals surface area contributed by atoms with Crippen LogP contribution in [0.25, 0.3) is 11.6 Å². The summed E-state index contributed by atoms with van der Waals surface area (Å²) >= 11 is 13.1. The number of pyridine rings is 1. The molecule has 1 N–H and O–H groups in total. The van der Waals surface area contributed by atoms with Crippen LogP contribution in [-0.2, 0) is 0 Å². The van der Waals surface area contributed by atoms with Crippen LogP contribution in [0.2, 0.25) is 10.0 Å². The third-order valence-corrected chi connectivity index (χ3v) is 5.86. The second kappa shape index (κ2) is 9.17. The van der Waals surface area contributed by atoms with Crippen LogP contribution in [0.5, 0.6) is 17.2 Å². The van der Waals surface area contributed by atoms with Crippen molar-refractivity contribution in [3.05, 3.63) is 73.4 Å². The number of benzene rings is 2. The lowest BCUT2D eigenvalue weighted by Crippen LogP contribution is -2.09. The van der Waals surface area contributed by atoms with E-state index in [1.54, 1.807) is 30.5 Å². The molecule has 0 bridgehead atoms. The molecule has 2 aromatic carbocycles. The molecule has 0 saturated heterocycles. The minimum absolute atomic E-state index is 0.0422. The number of ether oxygens (including phenoxy) is 3. The van der Waals surface area contributed by atoms with E-state index < -0.39 is 4.92 Å². The zero-order valence-electron chi connectivity index (χ0n) is 17.9. The number of rotatable bonds is 6. The van der Waals surface area contributed by atoms with Crippen LogP contribution >= 0.6 is 23.2 Å². The maximum atomic E-state index is 11.3. The molecule has 3 aromatic rings. The van der Waals surface area contributed by atoms with Gasteiger partial charge in [-0.1, -0.05) is 29.3 Å². The number of aromatic nitrogens is 1. The smallest absolute Gasteiger partial charge is 0.292 e. The lowest BCUT2D eigenvalue weighted by molar-refractivity contribution is -0.383. The highest BCUT2D eigenvalue weighted by Crippen LogP contribution is 2.45. The minimum atomic E-state index is -0.443. The van der Waals surface area contributed by atoms with Crippen LogP contribution in [0.4, 0.5) is 17.2 Å². The summed E-state index contributed by atoms with van der Waals surface area (Å²) in [6, 6.07) is 8.14. The number of nitrogens with one attached hydrogen (secondary N) is 1. The van der Waals surface area contributed by atoms with Crippen molar-refractivity contribution in [3.8, 4) is 17.2 Å². The fourth-order valence-corrected chi connectivity index (χ4v) is 4.24. The average Bonchev–Trinajstić information content (AvgIpc) is 2.79. The topological polar surface area (TPSA) is 95.8 Å². The number of hydrogen-bond acceptors (Lipinski definition) is 7. The normalized spacial score (nSPS) is 12.3. The highest BCUT2D eigenvalue weighted by atomic mass is 35.5. The molecule has 4 rings (SSSR count). The summed E-state index contributed by atoms with van der Waals surface area (Å²) in [4.78, 5) is 15.3. The molecule has 0 atom stereocenters. The van der Waals surface area contributed by atoms with E-state index in [1.807, 2.05) is 13.0 Å². The van der Waals surface area contributed by atoms with Gasteiger partial charge in [0.15, 0.2) is 0 Å². The van der Waals surface area contributed by atoms with Gasteiger partial charge in [-0.05, 0) is 24.6 Å². The predicted octanol–water partition coefficient (Wildman–Crippen LogP) is 6.30. The van der Waals surface area contributed by atoms with E-state index in [9.17, 15) is 10.1 Å². The number of halogens is 2. The molecule has 170 valence electrons. The van der Waals surface area contributed by atoms with Gasteiger partial charge < -0.3 is 19.5 Å². The van der Waals surface area contributed by atoms with Gasteiger partial charge in [-0.15, -0.1) is 0 Å². The number of nitro groups is 1. The van der Waals surface area contributed by atoms with Crippen LogP contribution < -0.4 is 19.5 Å². The third-order valence-electron chi connectivity index (χ3n) is 5.11. The number of aryl methyl sites for hydroxylation is 1. The van der Waals surface area contributed by atoms with Crippen LogP contribution in [0.3, 0.4) is 0 Å². The van der Waals surface area contributed by atoms with Gasteiger partial charge in [0.05, 0.1) is 29.2 Å². The standard InChI is InChI=1S/C23H19Cl2N3O5/c1-12-4-5-16(28(29)30)15(6-12)27-20-9-17-13(10-26-20)7-14(11-33-17)21-22(24)18(31-2)8-19(32-3)23(21)25/h4-10H,11H2,1-3H3,(H,26,27). The molecule has 2 heterocycles. The number of anilines is 2. The fraction of sp³-hybridized carbons (Fsp3) is 0.174. The summed E-state index contributed by atoms with van der Waals surface area (Å²) in [5.41, 5.74) is 3.17. The molecular formula is C23H19Cl2N3O5. The Kier molecular flexibility index (Phi) is 6.31. The van der Waals surface area contributed by atoms with Gasteiger partial charge in [-0.3, -0.25) is 10.1 Å². The first-order valence-corrected chi connectivity index (χ1v) is 10.5. The van der Waals surface area contributed by atoms with E-state index in [-0.39, 0.29) is 12.3 Å². The van der Waals surface area contributed by atoms with Gasteiger partial charge in [-0.25, -0.2) is 4.98 Å². The lowest BCUT2D eigenvalue weighted by Gasteiger charge is -2.22. The molecule has 1 aliphatic heterocycles. The first-order valence-electron chi connectivity index (χ1n) is 9.78. The van der Waals surface area contributed by atoms with E-state index in [0.29, 0.717) is 49.9 Å². The van der Waals surface area contributed by atoms with Gasteiger partial charge in [0.25, 0.3) is 5.69 Å². The Morgan fingerprint density at radius 1 is 1.12 bits per heavy atom. The van der Waals surface area contributed by atoms with Crippen molar-refractivity contribution in [1.82, 2.24) is 4.98 Å². The molecule has 0 saturated carbocycles. The number of hydrogen-bond donors (Lipinski definition) is 1. The second-order valence-electron chi connectivity index (χ2n) is 7.25. The Morgan fingerprint density at radius 3 is 2.45 bits per heavy atom. The van der Waals surface area contributed by atoms with Crippen molar-refractivity contribution >= 4 is 52.0 Å². The maximum Gasteiger partial charge on any atom is 0.292 e. The van der Waals surface area contributed by atoms with Crippen LogP contribution in [-0.4, -0.2) is 30.7 Å². The van der Waals surface area contributed by atoms with Gasteiger partial charge in [0.1, 0.15) is 35.4 Å². The van der Waals surface area contributed by atoms with Gasteiger partial charge in [0.2, 0.25) is 0 Å². The Balaban J connectivity index is 1.70. The monoisotopic (exact) mass is 487 g/mol. The molecule has 1 aliphatic rings. The van der Waals surface area contributed by atoms with Crippen molar-refractivity contribution in [2.75, 3.05) is 26.1 Å². The first kappa shape index (κ1) is 22.7. The van der Waals surface area contributed by atoms with Gasteiger partial charge in [0, 0.05) is 41.1 Å². The fourth-order valence-electron chi connectivity index (χ4n) is 3.49. The van der Waals surface area contributed by atoms with Crippen molar-refractivity contribution in [2.45, 2.75) is 6.92 Å². The third kappa shape index (κ3) is 4.40. The molecule has 0 spiro atoms. The van der Waals surface area contributed by atoms with E-state index >= 15 is 0 Å². The van der Waals surface area contributed by atoms with Crippen molar-refractivity contribution in [2.24, 2.45) is 0 Å². The molecular weight excluding hydrogens is 469 g/mol. The quantitative estimate of drug-likeness (QED) is 0.321. The molecule has 10 heteroatoms. The molecule has 33 heavy (non-hydrogen) atoms. The molecule has 0 radical (unpaired) electrons. The molecule has 0 fully saturated rings. The molecule has 1 aromatic heterocycles. The number of nitrogens with zero attached hydrogens (tertiary/aromatic N) is 2. The van der Waals surface area contributed by atoms with Crippen LogP contribution in [0.1, 0.15) is 16.7 Å². The van der Waals surface area contributed by atoms with Crippen LogP contribution in [0, 0.1) is 17.0 Å². The zero-order valence-corrected chi connectivity index (χ0v) is 19.5.